The van der Waals surface area contributed by atoms with Crippen LogP contribution in [-0.2, 0) is 0 Å². The number of rotatable bonds is 3. The highest BCUT2D eigenvalue weighted by Crippen LogP contribution is 2.23. The van der Waals surface area contributed by atoms with Gasteiger partial charge in [0.1, 0.15) is 0 Å². The fourth-order valence-corrected chi connectivity index (χ4v) is 1.49. The number of nitrogens with one attached hydrogen (secondary N) is 1. The van der Waals surface area contributed by atoms with E-state index < -0.39 is 0 Å². The van der Waals surface area contributed by atoms with Crippen LogP contribution in [0.4, 0.5) is 11.9 Å². The summed E-state index contributed by atoms with van der Waals surface area (Å²) in [5.41, 5.74) is 5.76. The van der Waals surface area contributed by atoms with Crippen molar-refractivity contribution in [3.8, 4) is 5.82 Å². The topological polar surface area (TPSA) is 94.5 Å². The molecule has 0 amide bonds. The van der Waals surface area contributed by atoms with E-state index in [1.54, 1.807) is 12.1 Å². The maximum atomic E-state index is 5.76. The minimum atomic E-state index is 0.268. The van der Waals surface area contributed by atoms with E-state index in [1.807, 2.05) is 0 Å². The number of halogens is 1. The first-order chi connectivity index (χ1) is 8.22. The van der Waals surface area contributed by atoms with Gasteiger partial charge in [-0.3, -0.25) is 0 Å². The Morgan fingerprint density at radius 2 is 2.18 bits per heavy atom. The highest BCUT2D eigenvalue weighted by atomic mass is 35.5. The fraction of sp³-hybridized carbons (Fsp3) is 0.333. The summed E-state index contributed by atoms with van der Waals surface area (Å²) in [7, 11) is 0. The van der Waals surface area contributed by atoms with Crippen LogP contribution in [0.3, 0.4) is 0 Å². The molecule has 3 rings (SSSR count). The van der Waals surface area contributed by atoms with Crippen LogP contribution in [0.5, 0.6) is 0 Å². The zero-order valence-corrected chi connectivity index (χ0v) is 9.59. The molecule has 2 aromatic heterocycles. The summed E-state index contributed by atoms with van der Waals surface area (Å²) in [6, 6.07) is 3.78. The summed E-state index contributed by atoms with van der Waals surface area (Å²) in [6.45, 7) is 0. The van der Waals surface area contributed by atoms with E-state index in [0.717, 1.165) is 12.8 Å². The Morgan fingerprint density at radius 3 is 2.82 bits per heavy atom. The molecule has 8 heteroatoms. The first kappa shape index (κ1) is 10.3. The Balaban J connectivity index is 1.90. The Bertz CT molecular complexity index is 531. The number of hydrogen-bond donors (Lipinski definition) is 2. The smallest absolute Gasteiger partial charge is 0.244 e. The van der Waals surface area contributed by atoms with Crippen LogP contribution in [0.2, 0.25) is 5.15 Å². The first-order valence-corrected chi connectivity index (χ1v) is 5.59. The van der Waals surface area contributed by atoms with Crippen molar-refractivity contribution >= 4 is 23.5 Å². The highest BCUT2D eigenvalue weighted by molar-refractivity contribution is 6.29. The zero-order chi connectivity index (χ0) is 11.8. The molecular weight excluding hydrogens is 242 g/mol. The van der Waals surface area contributed by atoms with Gasteiger partial charge in [-0.2, -0.15) is 9.67 Å². The molecule has 0 atom stereocenters. The Morgan fingerprint density at radius 1 is 1.35 bits per heavy atom. The average molecular weight is 252 g/mol. The van der Waals surface area contributed by atoms with Gasteiger partial charge < -0.3 is 11.1 Å². The number of anilines is 2. The highest BCUT2D eigenvalue weighted by Gasteiger charge is 2.23. The summed E-state index contributed by atoms with van der Waals surface area (Å²) in [6.07, 6.45) is 2.30. The number of nitrogens with two attached hydrogens (primary N) is 1. The predicted molar refractivity (Wildman–Crippen MR) is 63.0 cm³/mol. The number of nitrogens with zero attached hydrogens (tertiary/aromatic N) is 5. The minimum Gasteiger partial charge on any atom is -0.368 e. The first-order valence-electron chi connectivity index (χ1n) is 5.21. The second-order valence-electron chi connectivity index (χ2n) is 3.84. The summed E-state index contributed by atoms with van der Waals surface area (Å²) in [5.74, 6) is 1.27. The van der Waals surface area contributed by atoms with E-state index in [1.165, 1.54) is 4.68 Å². The van der Waals surface area contributed by atoms with Gasteiger partial charge in [0.25, 0.3) is 0 Å². The van der Waals surface area contributed by atoms with Crippen LogP contribution in [0, 0.1) is 0 Å². The van der Waals surface area contributed by atoms with Crippen molar-refractivity contribution in [2.45, 2.75) is 18.9 Å². The number of hydrogen-bond acceptors (Lipinski definition) is 6. The summed E-state index contributed by atoms with van der Waals surface area (Å²) < 4.78 is 1.42. The van der Waals surface area contributed by atoms with Gasteiger partial charge in [-0.15, -0.1) is 15.3 Å². The second-order valence-corrected chi connectivity index (χ2v) is 4.23. The van der Waals surface area contributed by atoms with Gasteiger partial charge in [-0.05, 0) is 25.0 Å². The van der Waals surface area contributed by atoms with Crippen LogP contribution in [0.25, 0.3) is 5.82 Å². The van der Waals surface area contributed by atoms with Gasteiger partial charge in [-0.25, -0.2) is 0 Å². The zero-order valence-electron chi connectivity index (χ0n) is 8.84. The lowest BCUT2D eigenvalue weighted by Crippen LogP contribution is -2.06. The third kappa shape index (κ3) is 2.14. The van der Waals surface area contributed by atoms with Crippen LogP contribution in [-0.4, -0.2) is 31.0 Å². The third-order valence-corrected chi connectivity index (χ3v) is 2.58. The Hall–Kier alpha value is -1.89. The standard InChI is InChI=1S/C9H10ClN7/c10-6-3-4-7(15-14-6)17-8(11)13-9(16-17)12-5-1-2-5/h3-5H,1-2H2,(H3,11,12,13,16). The van der Waals surface area contributed by atoms with Crippen LogP contribution >= 0.6 is 11.6 Å². The molecule has 0 spiro atoms. The summed E-state index contributed by atoms with van der Waals surface area (Å²) in [4.78, 5) is 4.11. The van der Waals surface area contributed by atoms with Gasteiger partial charge in [0, 0.05) is 6.04 Å². The quantitative estimate of drug-likeness (QED) is 0.840. The van der Waals surface area contributed by atoms with E-state index >= 15 is 0 Å². The van der Waals surface area contributed by atoms with E-state index in [4.69, 9.17) is 17.3 Å². The normalized spacial score (nSPS) is 14.9. The third-order valence-electron chi connectivity index (χ3n) is 2.38. The molecule has 3 N–H and O–H groups in total. The van der Waals surface area contributed by atoms with Crippen molar-refractivity contribution < 1.29 is 0 Å². The number of nitrogen functional groups attached to an aromatic ring is 1. The molecule has 2 heterocycles. The molecule has 2 aromatic rings. The molecule has 7 nitrogen and oxygen atoms in total. The van der Waals surface area contributed by atoms with Crippen LogP contribution in [0.1, 0.15) is 12.8 Å². The van der Waals surface area contributed by atoms with Gasteiger partial charge in [-0.1, -0.05) is 11.6 Å². The van der Waals surface area contributed by atoms with E-state index in [9.17, 15) is 0 Å². The average Bonchev–Trinajstić information content (AvgIpc) is 3.03. The maximum Gasteiger partial charge on any atom is 0.244 e. The van der Waals surface area contributed by atoms with Crippen molar-refractivity contribution in [2.24, 2.45) is 0 Å². The largest absolute Gasteiger partial charge is 0.368 e. The maximum absolute atomic E-state index is 5.76. The number of aromatic nitrogens is 5. The molecule has 17 heavy (non-hydrogen) atoms. The summed E-state index contributed by atoms with van der Waals surface area (Å²) in [5, 5.41) is 15.3. The monoisotopic (exact) mass is 251 g/mol. The van der Waals surface area contributed by atoms with Crippen molar-refractivity contribution in [1.82, 2.24) is 25.0 Å². The Kier molecular flexibility index (Phi) is 2.32. The lowest BCUT2D eigenvalue weighted by Gasteiger charge is -1.99. The molecule has 0 unspecified atom stereocenters. The molecule has 0 aliphatic heterocycles. The van der Waals surface area contributed by atoms with Crippen LogP contribution < -0.4 is 11.1 Å². The summed E-state index contributed by atoms with van der Waals surface area (Å²) >= 11 is 5.66. The van der Waals surface area contributed by atoms with E-state index in [2.05, 4.69) is 25.6 Å². The predicted octanol–water partition coefficient (Wildman–Crippen LogP) is 0.867. The molecule has 88 valence electrons. The molecule has 1 aliphatic rings. The van der Waals surface area contributed by atoms with Gasteiger partial charge in [0.2, 0.25) is 11.9 Å². The second kappa shape index (κ2) is 3.85. The van der Waals surface area contributed by atoms with Gasteiger partial charge in [0.15, 0.2) is 11.0 Å². The van der Waals surface area contributed by atoms with Crippen molar-refractivity contribution in [2.75, 3.05) is 11.1 Å². The SMILES string of the molecule is Nc1nc(NC2CC2)nn1-c1ccc(Cl)nn1. The molecule has 1 aliphatic carbocycles. The van der Waals surface area contributed by atoms with Crippen LogP contribution in [0.15, 0.2) is 12.1 Å². The van der Waals surface area contributed by atoms with Gasteiger partial charge >= 0.3 is 0 Å². The fourth-order valence-electron chi connectivity index (χ4n) is 1.39. The molecule has 0 bridgehead atoms. The molecule has 0 radical (unpaired) electrons. The van der Waals surface area contributed by atoms with Crippen molar-refractivity contribution in [3.05, 3.63) is 17.3 Å². The molecule has 1 saturated carbocycles. The minimum absolute atomic E-state index is 0.268. The molecular formula is C9H10ClN7. The van der Waals surface area contributed by atoms with E-state index in [-0.39, 0.29) is 5.95 Å². The van der Waals surface area contributed by atoms with E-state index in [0.29, 0.717) is 23.0 Å². The molecule has 0 aromatic carbocycles. The lowest BCUT2D eigenvalue weighted by molar-refractivity contribution is 0.821. The van der Waals surface area contributed by atoms with Crippen molar-refractivity contribution in [1.29, 1.82) is 0 Å². The molecule has 1 fully saturated rings. The lowest BCUT2D eigenvalue weighted by atomic mass is 10.5. The molecule has 0 saturated heterocycles. The van der Waals surface area contributed by atoms with Crippen molar-refractivity contribution in [3.63, 3.8) is 0 Å². The van der Waals surface area contributed by atoms with Gasteiger partial charge in [0.05, 0.1) is 0 Å². The Labute approximate surface area is 102 Å².